The van der Waals surface area contributed by atoms with Gasteiger partial charge in [-0.05, 0) is 54.8 Å². The number of aromatic nitrogens is 2. The summed E-state index contributed by atoms with van der Waals surface area (Å²) < 4.78 is 28.7. The van der Waals surface area contributed by atoms with Crippen LogP contribution in [0.1, 0.15) is 46.3 Å². The Labute approximate surface area is 257 Å². The van der Waals surface area contributed by atoms with E-state index in [2.05, 4.69) is 20.9 Å². The maximum Gasteiger partial charge on any atom is 0.335 e. The number of ether oxygens (including phenoxy) is 2. The fourth-order valence-corrected chi connectivity index (χ4v) is 6.21. The van der Waals surface area contributed by atoms with Gasteiger partial charge < -0.3 is 24.5 Å². The smallest absolute Gasteiger partial charge is 0.335 e. The summed E-state index contributed by atoms with van der Waals surface area (Å²) in [4.78, 5) is 31.6. The molecule has 0 aliphatic carbocycles. The first-order valence-electron chi connectivity index (χ1n) is 14.7. The second-order valence-electron chi connectivity index (χ2n) is 11.3. The number of carbonyl (C=O) groups excluding carboxylic acids is 1. The highest BCUT2D eigenvalue weighted by atomic mass is 35.5. The monoisotopic (exact) mass is 616 g/mol. The van der Waals surface area contributed by atoms with Crippen LogP contribution in [0.15, 0.2) is 60.7 Å². The molecule has 0 radical (unpaired) electrons. The zero-order valence-electron chi connectivity index (χ0n) is 23.8. The Morgan fingerprint density at radius 1 is 1.18 bits per heavy atom. The number of hydrogen-bond donors (Lipinski definition) is 2. The highest BCUT2D eigenvalue weighted by Gasteiger charge is 2.33. The number of halogens is 2. The molecule has 1 unspecified atom stereocenters. The molecule has 1 amide bonds. The standard InChI is InChI=1S/C33H30ClFN4O5/c34-21-5-6-24(25(35)17-21)31-32(40)37-27-3-1-2-23(30(27)44-31)19-8-12-38(13-9-19)14-10-29-36-26-7-4-20(33(41)42)16-28(26)39(29)18-22-11-15-43-22/h1-8,16-17,22,31H,9-15,18H2,(H,37,40)(H,41,42)/t22-,31?/m0/s1. The lowest BCUT2D eigenvalue weighted by atomic mass is 9.96. The van der Waals surface area contributed by atoms with Gasteiger partial charge >= 0.3 is 5.97 Å². The van der Waals surface area contributed by atoms with E-state index in [0.29, 0.717) is 24.4 Å². The normalized spacial score (nSPS) is 20.0. The van der Waals surface area contributed by atoms with Gasteiger partial charge in [0.1, 0.15) is 11.6 Å². The van der Waals surface area contributed by atoms with Crippen LogP contribution in [0.25, 0.3) is 16.6 Å². The molecule has 226 valence electrons. The average Bonchev–Trinajstić information content (AvgIpc) is 3.34. The summed E-state index contributed by atoms with van der Waals surface area (Å²) in [5.41, 5.74) is 4.49. The number of amides is 1. The highest BCUT2D eigenvalue weighted by molar-refractivity contribution is 6.30. The van der Waals surface area contributed by atoms with Crippen molar-refractivity contribution in [2.45, 2.75) is 38.0 Å². The number of para-hydroxylation sites is 1. The molecule has 11 heteroatoms. The second-order valence-corrected chi connectivity index (χ2v) is 11.7. The summed E-state index contributed by atoms with van der Waals surface area (Å²) in [6.07, 6.45) is 3.60. The molecular weight excluding hydrogens is 587 g/mol. The molecule has 1 fully saturated rings. The number of benzene rings is 3. The minimum atomic E-state index is -1.13. The number of carboxylic acids is 1. The first-order chi connectivity index (χ1) is 21.3. The van der Waals surface area contributed by atoms with Crippen molar-refractivity contribution in [2.24, 2.45) is 0 Å². The number of nitrogens with zero attached hydrogens (tertiary/aromatic N) is 3. The van der Waals surface area contributed by atoms with E-state index in [1.54, 1.807) is 30.3 Å². The van der Waals surface area contributed by atoms with E-state index in [4.69, 9.17) is 26.1 Å². The molecule has 1 saturated heterocycles. The van der Waals surface area contributed by atoms with Gasteiger partial charge in [-0.15, -0.1) is 0 Å². The summed E-state index contributed by atoms with van der Waals surface area (Å²) in [5.74, 6) is -0.554. The topological polar surface area (TPSA) is 106 Å². The van der Waals surface area contributed by atoms with Crippen molar-refractivity contribution in [3.8, 4) is 5.75 Å². The maximum atomic E-state index is 14.7. The Hall–Kier alpha value is -4.25. The largest absolute Gasteiger partial charge is 0.478 e. The number of aromatic carboxylic acids is 1. The third-order valence-corrected chi connectivity index (χ3v) is 8.77. The number of hydrogen-bond acceptors (Lipinski definition) is 6. The minimum Gasteiger partial charge on any atom is -0.478 e. The molecule has 3 aliphatic rings. The molecule has 4 aromatic rings. The first kappa shape index (κ1) is 28.5. The summed E-state index contributed by atoms with van der Waals surface area (Å²) >= 11 is 5.92. The molecule has 1 aromatic heterocycles. The number of imidazole rings is 1. The van der Waals surface area contributed by atoms with Crippen LogP contribution in [-0.2, 0) is 22.5 Å². The van der Waals surface area contributed by atoms with Crippen molar-refractivity contribution in [3.63, 3.8) is 0 Å². The Morgan fingerprint density at radius 3 is 2.77 bits per heavy atom. The van der Waals surface area contributed by atoms with Crippen molar-refractivity contribution in [2.75, 3.05) is 31.6 Å². The lowest BCUT2D eigenvalue weighted by molar-refractivity contribution is -0.123. The van der Waals surface area contributed by atoms with E-state index in [1.807, 2.05) is 12.1 Å². The number of fused-ring (bicyclic) bond motifs is 2. The van der Waals surface area contributed by atoms with E-state index in [-0.39, 0.29) is 22.3 Å². The first-order valence-corrected chi connectivity index (χ1v) is 15.0. The van der Waals surface area contributed by atoms with Crippen molar-refractivity contribution >= 4 is 45.8 Å². The van der Waals surface area contributed by atoms with Crippen molar-refractivity contribution in [1.82, 2.24) is 14.5 Å². The van der Waals surface area contributed by atoms with Gasteiger partial charge in [0.25, 0.3) is 5.91 Å². The third-order valence-electron chi connectivity index (χ3n) is 8.54. The Morgan fingerprint density at radius 2 is 2.05 bits per heavy atom. The highest BCUT2D eigenvalue weighted by Crippen LogP contribution is 2.42. The molecule has 9 nitrogen and oxygen atoms in total. The van der Waals surface area contributed by atoms with E-state index >= 15 is 0 Å². The zero-order chi connectivity index (χ0) is 30.4. The van der Waals surface area contributed by atoms with Crippen molar-refractivity contribution in [3.05, 3.63) is 94.0 Å². The third kappa shape index (κ3) is 5.45. The van der Waals surface area contributed by atoms with Crippen molar-refractivity contribution < 1.29 is 28.6 Å². The van der Waals surface area contributed by atoms with Gasteiger partial charge in [-0.3, -0.25) is 9.69 Å². The Kier molecular flexibility index (Phi) is 7.57. The molecule has 0 bridgehead atoms. The van der Waals surface area contributed by atoms with Crippen LogP contribution in [0.5, 0.6) is 5.75 Å². The SMILES string of the molecule is O=C(O)c1ccc2nc(CCN3CC=C(c4cccc5c4OC(c4ccc(Cl)cc4F)C(=O)N5)CC3)n(C[C@@H]3CCO3)c2c1. The van der Waals surface area contributed by atoms with Gasteiger partial charge in [0.15, 0.2) is 5.75 Å². The molecule has 4 heterocycles. The predicted molar refractivity (Wildman–Crippen MR) is 164 cm³/mol. The molecule has 3 aliphatic heterocycles. The minimum absolute atomic E-state index is 0.111. The van der Waals surface area contributed by atoms with Gasteiger partial charge in [0.05, 0.1) is 34.9 Å². The summed E-state index contributed by atoms with van der Waals surface area (Å²) in [6, 6.07) is 14.9. The number of anilines is 1. The van der Waals surface area contributed by atoms with Gasteiger partial charge in [-0.1, -0.05) is 35.9 Å². The van der Waals surface area contributed by atoms with Crippen molar-refractivity contribution in [1.29, 1.82) is 0 Å². The zero-order valence-corrected chi connectivity index (χ0v) is 24.5. The fraction of sp³-hybridized carbons (Fsp3) is 0.303. The van der Waals surface area contributed by atoms with Gasteiger partial charge in [-0.25, -0.2) is 14.2 Å². The van der Waals surface area contributed by atoms with Crippen LogP contribution >= 0.6 is 11.6 Å². The van der Waals surface area contributed by atoms with Crippen LogP contribution in [-0.4, -0.2) is 63.8 Å². The lowest BCUT2D eigenvalue weighted by Gasteiger charge is -2.31. The van der Waals surface area contributed by atoms with Gasteiger partial charge in [0, 0.05) is 48.8 Å². The quantitative estimate of drug-likeness (QED) is 0.261. The van der Waals surface area contributed by atoms with E-state index in [9.17, 15) is 19.1 Å². The molecule has 0 spiro atoms. The predicted octanol–water partition coefficient (Wildman–Crippen LogP) is 5.72. The molecule has 2 N–H and O–H groups in total. The van der Waals surface area contributed by atoms with Crippen LogP contribution in [0.4, 0.5) is 10.1 Å². The van der Waals surface area contributed by atoms with E-state index < -0.39 is 23.8 Å². The molecule has 3 aromatic carbocycles. The van der Waals surface area contributed by atoms with Gasteiger partial charge in [0.2, 0.25) is 6.10 Å². The molecule has 2 atom stereocenters. The summed E-state index contributed by atoms with van der Waals surface area (Å²) in [6.45, 7) is 3.70. The van der Waals surface area contributed by atoms with Crippen LogP contribution in [0, 0.1) is 5.82 Å². The van der Waals surface area contributed by atoms with Gasteiger partial charge in [-0.2, -0.15) is 0 Å². The fourth-order valence-electron chi connectivity index (χ4n) is 6.05. The number of nitrogens with one attached hydrogen (secondary N) is 1. The average molecular weight is 617 g/mol. The number of rotatable bonds is 8. The van der Waals surface area contributed by atoms with Crippen LogP contribution in [0.2, 0.25) is 5.02 Å². The summed E-state index contributed by atoms with van der Waals surface area (Å²) in [5, 5.41) is 12.6. The number of carbonyl (C=O) groups is 2. The molecule has 0 saturated carbocycles. The molecule has 7 rings (SSSR count). The number of carboxylic acid groups (broad SMARTS) is 1. The molecular formula is C33H30ClFN4O5. The van der Waals surface area contributed by atoms with E-state index in [1.165, 1.54) is 12.1 Å². The molecule has 44 heavy (non-hydrogen) atoms. The Balaban J connectivity index is 1.08. The summed E-state index contributed by atoms with van der Waals surface area (Å²) in [7, 11) is 0. The lowest BCUT2D eigenvalue weighted by Crippen LogP contribution is -2.33. The van der Waals surface area contributed by atoms with Crippen LogP contribution in [0.3, 0.4) is 0 Å². The maximum absolute atomic E-state index is 14.7. The van der Waals surface area contributed by atoms with E-state index in [0.717, 1.165) is 67.1 Å². The second kappa shape index (κ2) is 11.7. The van der Waals surface area contributed by atoms with Crippen LogP contribution < -0.4 is 10.1 Å². The Bertz CT molecular complexity index is 1820.